The van der Waals surface area contributed by atoms with Gasteiger partial charge in [0.2, 0.25) is 0 Å². The summed E-state index contributed by atoms with van der Waals surface area (Å²) in [5, 5.41) is 2.92. The Kier molecular flexibility index (Phi) is 3.90. The molecular weight excluding hydrogens is 264 g/mol. The van der Waals surface area contributed by atoms with Crippen molar-refractivity contribution in [2.45, 2.75) is 19.4 Å². The molecule has 0 saturated carbocycles. The van der Waals surface area contributed by atoms with Gasteiger partial charge in [0, 0.05) is 43.8 Å². The molecule has 1 saturated heterocycles. The lowest BCUT2D eigenvalue weighted by molar-refractivity contribution is 0.0949. The van der Waals surface area contributed by atoms with Gasteiger partial charge in [-0.25, -0.2) is 4.98 Å². The van der Waals surface area contributed by atoms with Crippen LogP contribution in [0.2, 0.25) is 0 Å². The molecule has 0 spiro atoms. The van der Waals surface area contributed by atoms with Crippen LogP contribution in [-0.4, -0.2) is 28.5 Å². The zero-order valence-corrected chi connectivity index (χ0v) is 12.2. The van der Waals surface area contributed by atoms with Crippen molar-refractivity contribution in [3.05, 3.63) is 48.0 Å². The van der Waals surface area contributed by atoms with E-state index < -0.39 is 0 Å². The summed E-state index contributed by atoms with van der Waals surface area (Å²) in [7, 11) is 1.92. The van der Waals surface area contributed by atoms with Crippen molar-refractivity contribution in [3.63, 3.8) is 0 Å². The SMILES string of the molecule is Cn1ccnc1CNC(=O)c1cccc(N2CCCC2)c1. The molecule has 0 unspecified atom stereocenters. The maximum atomic E-state index is 12.3. The molecule has 0 atom stereocenters. The zero-order chi connectivity index (χ0) is 14.7. The van der Waals surface area contributed by atoms with Gasteiger partial charge in [0.15, 0.2) is 0 Å². The fraction of sp³-hybridized carbons (Fsp3) is 0.375. The molecule has 21 heavy (non-hydrogen) atoms. The van der Waals surface area contributed by atoms with Gasteiger partial charge in [-0.05, 0) is 31.0 Å². The average molecular weight is 284 g/mol. The quantitative estimate of drug-likeness (QED) is 0.933. The van der Waals surface area contributed by atoms with Gasteiger partial charge in [-0.3, -0.25) is 4.79 Å². The molecule has 5 heteroatoms. The van der Waals surface area contributed by atoms with Crippen molar-refractivity contribution in [2.75, 3.05) is 18.0 Å². The number of carbonyl (C=O) groups is 1. The minimum Gasteiger partial charge on any atom is -0.372 e. The molecule has 1 aliphatic heterocycles. The van der Waals surface area contributed by atoms with Crippen LogP contribution in [0, 0.1) is 0 Å². The summed E-state index contributed by atoms with van der Waals surface area (Å²) < 4.78 is 1.90. The number of carbonyl (C=O) groups excluding carboxylic acids is 1. The summed E-state index contributed by atoms with van der Waals surface area (Å²) in [6, 6.07) is 7.84. The fourth-order valence-electron chi connectivity index (χ4n) is 2.65. The van der Waals surface area contributed by atoms with E-state index in [1.807, 2.05) is 36.0 Å². The van der Waals surface area contributed by atoms with Crippen molar-refractivity contribution < 1.29 is 4.79 Å². The molecule has 0 radical (unpaired) electrons. The van der Waals surface area contributed by atoms with E-state index in [9.17, 15) is 4.79 Å². The monoisotopic (exact) mass is 284 g/mol. The highest BCUT2D eigenvalue weighted by Gasteiger charge is 2.14. The van der Waals surface area contributed by atoms with Crippen molar-refractivity contribution >= 4 is 11.6 Å². The minimum atomic E-state index is -0.0564. The molecule has 1 aromatic carbocycles. The average Bonchev–Trinajstić information content (AvgIpc) is 3.16. The molecule has 5 nitrogen and oxygen atoms in total. The van der Waals surface area contributed by atoms with E-state index in [0.29, 0.717) is 12.1 Å². The molecule has 0 bridgehead atoms. The van der Waals surface area contributed by atoms with E-state index in [-0.39, 0.29) is 5.91 Å². The summed E-state index contributed by atoms with van der Waals surface area (Å²) in [4.78, 5) is 18.8. The summed E-state index contributed by atoms with van der Waals surface area (Å²) in [6.07, 6.45) is 6.07. The Labute approximate surface area is 124 Å². The second kappa shape index (κ2) is 5.99. The maximum Gasteiger partial charge on any atom is 0.251 e. The first kappa shape index (κ1) is 13.7. The Morgan fingerprint density at radius 3 is 2.86 bits per heavy atom. The third kappa shape index (κ3) is 3.07. The highest BCUT2D eigenvalue weighted by atomic mass is 16.1. The number of aryl methyl sites for hydroxylation is 1. The molecule has 1 aliphatic rings. The Hall–Kier alpha value is -2.30. The molecule has 1 N–H and O–H groups in total. The first-order chi connectivity index (χ1) is 10.2. The Morgan fingerprint density at radius 2 is 2.14 bits per heavy atom. The number of anilines is 1. The van der Waals surface area contributed by atoms with Crippen LogP contribution < -0.4 is 10.2 Å². The molecule has 1 aromatic heterocycles. The predicted octanol–water partition coefficient (Wildman–Crippen LogP) is 1.95. The Morgan fingerprint density at radius 1 is 1.33 bits per heavy atom. The highest BCUT2D eigenvalue weighted by Crippen LogP contribution is 2.21. The number of nitrogens with zero attached hydrogens (tertiary/aromatic N) is 3. The normalized spacial score (nSPS) is 14.4. The lowest BCUT2D eigenvalue weighted by atomic mass is 10.1. The topological polar surface area (TPSA) is 50.2 Å². The molecule has 2 heterocycles. The molecule has 1 fully saturated rings. The van der Waals surface area contributed by atoms with Gasteiger partial charge < -0.3 is 14.8 Å². The highest BCUT2D eigenvalue weighted by molar-refractivity contribution is 5.95. The van der Waals surface area contributed by atoms with Crippen LogP contribution in [0.4, 0.5) is 5.69 Å². The number of aromatic nitrogens is 2. The number of hydrogen-bond donors (Lipinski definition) is 1. The van der Waals surface area contributed by atoms with Crippen LogP contribution in [0.5, 0.6) is 0 Å². The first-order valence-electron chi connectivity index (χ1n) is 7.33. The summed E-state index contributed by atoms with van der Waals surface area (Å²) in [6.45, 7) is 2.60. The van der Waals surface area contributed by atoms with Gasteiger partial charge in [-0.2, -0.15) is 0 Å². The summed E-state index contributed by atoms with van der Waals surface area (Å²) in [5.74, 6) is 0.790. The van der Waals surface area contributed by atoms with Crippen LogP contribution >= 0.6 is 0 Å². The van der Waals surface area contributed by atoms with E-state index >= 15 is 0 Å². The number of hydrogen-bond acceptors (Lipinski definition) is 3. The van der Waals surface area contributed by atoms with Gasteiger partial charge in [-0.15, -0.1) is 0 Å². The zero-order valence-electron chi connectivity index (χ0n) is 12.2. The van der Waals surface area contributed by atoms with Crippen LogP contribution in [0.25, 0.3) is 0 Å². The lowest BCUT2D eigenvalue weighted by Gasteiger charge is -2.18. The molecule has 2 aromatic rings. The summed E-state index contributed by atoms with van der Waals surface area (Å²) in [5.41, 5.74) is 1.84. The largest absolute Gasteiger partial charge is 0.372 e. The predicted molar refractivity (Wildman–Crippen MR) is 82.3 cm³/mol. The van der Waals surface area contributed by atoms with Crippen LogP contribution in [0.3, 0.4) is 0 Å². The van der Waals surface area contributed by atoms with Gasteiger partial charge >= 0.3 is 0 Å². The van der Waals surface area contributed by atoms with Gasteiger partial charge in [0.1, 0.15) is 5.82 Å². The van der Waals surface area contributed by atoms with Gasteiger partial charge in [-0.1, -0.05) is 6.07 Å². The first-order valence-corrected chi connectivity index (χ1v) is 7.33. The number of rotatable bonds is 4. The molecule has 110 valence electrons. The standard InChI is InChI=1S/C16H20N4O/c1-19-10-7-17-15(19)12-18-16(21)13-5-4-6-14(11-13)20-8-2-3-9-20/h4-7,10-11H,2-3,8-9,12H2,1H3,(H,18,21). The lowest BCUT2D eigenvalue weighted by Crippen LogP contribution is -2.25. The Balaban J connectivity index is 1.67. The molecular formula is C16H20N4O. The maximum absolute atomic E-state index is 12.3. The van der Waals surface area contributed by atoms with Crippen LogP contribution in [0.1, 0.15) is 29.0 Å². The number of nitrogens with one attached hydrogen (secondary N) is 1. The van der Waals surface area contributed by atoms with Crippen LogP contribution in [-0.2, 0) is 13.6 Å². The minimum absolute atomic E-state index is 0.0564. The second-order valence-corrected chi connectivity index (χ2v) is 5.38. The van der Waals surface area contributed by atoms with E-state index in [4.69, 9.17) is 0 Å². The second-order valence-electron chi connectivity index (χ2n) is 5.38. The Bertz CT molecular complexity index is 629. The molecule has 3 rings (SSSR count). The summed E-state index contributed by atoms with van der Waals surface area (Å²) >= 11 is 0. The van der Waals surface area contributed by atoms with Crippen LogP contribution in [0.15, 0.2) is 36.7 Å². The van der Waals surface area contributed by atoms with Gasteiger partial charge in [0.25, 0.3) is 5.91 Å². The number of imidazole rings is 1. The molecule has 1 amide bonds. The molecule has 0 aliphatic carbocycles. The third-order valence-corrected chi connectivity index (χ3v) is 3.91. The van der Waals surface area contributed by atoms with E-state index in [1.165, 1.54) is 12.8 Å². The van der Waals surface area contributed by atoms with Crippen molar-refractivity contribution in [2.24, 2.45) is 7.05 Å². The number of amides is 1. The van der Waals surface area contributed by atoms with Crippen molar-refractivity contribution in [1.29, 1.82) is 0 Å². The smallest absolute Gasteiger partial charge is 0.251 e. The number of benzene rings is 1. The van der Waals surface area contributed by atoms with E-state index in [1.54, 1.807) is 6.20 Å². The third-order valence-electron chi connectivity index (χ3n) is 3.91. The fourth-order valence-corrected chi connectivity index (χ4v) is 2.65. The van der Waals surface area contributed by atoms with Crippen molar-refractivity contribution in [3.8, 4) is 0 Å². The van der Waals surface area contributed by atoms with Crippen molar-refractivity contribution in [1.82, 2.24) is 14.9 Å². The van der Waals surface area contributed by atoms with Gasteiger partial charge in [0.05, 0.1) is 6.54 Å². The van der Waals surface area contributed by atoms with E-state index in [0.717, 1.165) is 24.6 Å². The van der Waals surface area contributed by atoms with E-state index in [2.05, 4.69) is 21.3 Å².